The Morgan fingerprint density at radius 2 is 1.79 bits per heavy atom. The number of benzene rings is 1. The Morgan fingerprint density at radius 3 is 2.39 bits per heavy atom. The first-order valence-corrected chi connectivity index (χ1v) is 8.86. The third kappa shape index (κ3) is 2.87. The Bertz CT molecular complexity index is 1110. The van der Waals surface area contributed by atoms with Crippen LogP contribution in [0.5, 0.6) is 0 Å². The molecule has 6 nitrogen and oxygen atoms in total. The molecule has 1 amide bonds. The number of rotatable bonds is 2. The number of aryl methyl sites for hydroxylation is 1. The predicted molar refractivity (Wildman–Crippen MR) is 96.1 cm³/mol. The molecule has 9 heteroatoms. The smallest absolute Gasteiger partial charge is 0.342 e. The van der Waals surface area contributed by atoms with Gasteiger partial charge in [0, 0.05) is 18.8 Å². The van der Waals surface area contributed by atoms with E-state index >= 15 is 0 Å². The first-order chi connectivity index (χ1) is 13.3. The van der Waals surface area contributed by atoms with Crippen LogP contribution in [-0.2, 0) is 6.18 Å². The number of aromatic amines is 1. The number of alkyl halides is 3. The van der Waals surface area contributed by atoms with Gasteiger partial charge in [-0.05, 0) is 25.3 Å². The van der Waals surface area contributed by atoms with Crippen molar-refractivity contribution in [1.29, 1.82) is 0 Å². The van der Waals surface area contributed by atoms with E-state index in [-0.39, 0.29) is 28.0 Å². The van der Waals surface area contributed by atoms with E-state index in [1.165, 1.54) is 24.0 Å². The standard InChI is InChI=1S/C19H17F3N4O2/c1-11-13(17(27)25-9-5-6-10-25)18(28)26-16(23-11)14(12-7-3-2-4-8-12)15(24-26)19(20,21)22/h2-4,7-8,23H,5-6,9-10H2,1H3. The minimum absolute atomic E-state index is 0.0843. The lowest BCUT2D eigenvalue weighted by molar-refractivity contribution is -0.140. The summed E-state index contributed by atoms with van der Waals surface area (Å²) in [7, 11) is 0. The number of nitrogens with one attached hydrogen (secondary N) is 1. The fraction of sp³-hybridized carbons (Fsp3) is 0.316. The highest BCUT2D eigenvalue weighted by Crippen LogP contribution is 2.38. The Kier molecular flexibility index (Phi) is 4.24. The fourth-order valence-electron chi connectivity index (χ4n) is 3.59. The average molecular weight is 390 g/mol. The van der Waals surface area contributed by atoms with Crippen LogP contribution in [0.1, 0.15) is 34.6 Å². The number of aromatic nitrogens is 3. The molecule has 1 aliphatic rings. The SMILES string of the molecule is Cc1[nH]c2c(-c3ccccc3)c(C(F)(F)F)nn2c(=O)c1C(=O)N1CCCC1. The summed E-state index contributed by atoms with van der Waals surface area (Å²) < 4.78 is 41.6. The van der Waals surface area contributed by atoms with Crippen LogP contribution in [-0.4, -0.2) is 38.5 Å². The maximum Gasteiger partial charge on any atom is 0.435 e. The second kappa shape index (κ2) is 6.50. The average Bonchev–Trinajstić information content (AvgIpc) is 3.30. The molecule has 28 heavy (non-hydrogen) atoms. The summed E-state index contributed by atoms with van der Waals surface area (Å²) in [4.78, 5) is 30.0. The third-order valence-electron chi connectivity index (χ3n) is 4.91. The van der Waals surface area contributed by atoms with Crippen molar-refractivity contribution < 1.29 is 18.0 Å². The van der Waals surface area contributed by atoms with Crippen LogP contribution in [0.15, 0.2) is 35.1 Å². The number of halogens is 3. The van der Waals surface area contributed by atoms with Crippen molar-refractivity contribution in [3.05, 3.63) is 57.6 Å². The second-order valence-electron chi connectivity index (χ2n) is 6.78. The van der Waals surface area contributed by atoms with Gasteiger partial charge in [-0.3, -0.25) is 9.59 Å². The van der Waals surface area contributed by atoms with E-state index in [0.29, 0.717) is 17.6 Å². The predicted octanol–water partition coefficient (Wildman–Crippen LogP) is 3.25. The molecule has 146 valence electrons. The summed E-state index contributed by atoms with van der Waals surface area (Å²) in [6.45, 7) is 2.57. The number of H-pyrrole nitrogens is 1. The highest BCUT2D eigenvalue weighted by Gasteiger charge is 2.39. The number of hydrogen-bond donors (Lipinski definition) is 1. The molecule has 1 aliphatic heterocycles. The van der Waals surface area contributed by atoms with Gasteiger partial charge in [0.25, 0.3) is 11.5 Å². The summed E-state index contributed by atoms with van der Waals surface area (Å²) in [5.74, 6) is -0.483. The van der Waals surface area contributed by atoms with Gasteiger partial charge in [0.15, 0.2) is 5.69 Å². The van der Waals surface area contributed by atoms with E-state index in [0.717, 1.165) is 12.8 Å². The zero-order valence-corrected chi connectivity index (χ0v) is 15.0. The van der Waals surface area contributed by atoms with Crippen molar-refractivity contribution in [1.82, 2.24) is 19.5 Å². The molecule has 1 fully saturated rings. The lowest BCUT2D eigenvalue weighted by atomic mass is 10.1. The number of carbonyl (C=O) groups excluding carboxylic acids is 1. The van der Waals surface area contributed by atoms with E-state index in [1.54, 1.807) is 18.2 Å². The van der Waals surface area contributed by atoms with E-state index < -0.39 is 23.3 Å². The first kappa shape index (κ1) is 18.3. The van der Waals surface area contributed by atoms with Crippen LogP contribution in [0, 0.1) is 6.92 Å². The molecule has 3 aromatic rings. The van der Waals surface area contributed by atoms with Gasteiger partial charge in [-0.15, -0.1) is 0 Å². The third-order valence-corrected chi connectivity index (χ3v) is 4.91. The van der Waals surface area contributed by atoms with Crippen molar-refractivity contribution in [2.45, 2.75) is 25.9 Å². The molecule has 1 aromatic carbocycles. The summed E-state index contributed by atoms with van der Waals surface area (Å²) in [5.41, 5.74) is -2.00. The van der Waals surface area contributed by atoms with Gasteiger partial charge in [0.1, 0.15) is 11.2 Å². The molecule has 0 bridgehead atoms. The molecule has 3 heterocycles. The van der Waals surface area contributed by atoms with Crippen LogP contribution in [0.25, 0.3) is 16.8 Å². The molecule has 0 radical (unpaired) electrons. The van der Waals surface area contributed by atoms with Crippen molar-refractivity contribution >= 4 is 11.6 Å². The van der Waals surface area contributed by atoms with Gasteiger partial charge in [-0.2, -0.15) is 22.8 Å². The van der Waals surface area contributed by atoms with Crippen LogP contribution >= 0.6 is 0 Å². The van der Waals surface area contributed by atoms with Gasteiger partial charge >= 0.3 is 6.18 Å². The highest BCUT2D eigenvalue weighted by molar-refractivity contribution is 5.95. The first-order valence-electron chi connectivity index (χ1n) is 8.86. The molecule has 0 atom stereocenters. The Balaban J connectivity index is 2.00. The van der Waals surface area contributed by atoms with E-state index in [2.05, 4.69) is 10.1 Å². The van der Waals surface area contributed by atoms with Crippen LogP contribution in [0.2, 0.25) is 0 Å². The number of fused-ring (bicyclic) bond motifs is 1. The summed E-state index contributed by atoms with van der Waals surface area (Å²) in [5, 5.41) is 3.55. The number of carbonyl (C=O) groups is 1. The largest absolute Gasteiger partial charge is 0.435 e. The van der Waals surface area contributed by atoms with Crippen LogP contribution in [0.4, 0.5) is 13.2 Å². The molecule has 0 unspecified atom stereocenters. The molecule has 4 rings (SSSR count). The van der Waals surface area contributed by atoms with Crippen LogP contribution in [0.3, 0.4) is 0 Å². The van der Waals surface area contributed by atoms with Crippen LogP contribution < -0.4 is 5.56 Å². The Labute approximate surface area is 157 Å². The van der Waals surface area contributed by atoms with Crippen molar-refractivity contribution in [3.63, 3.8) is 0 Å². The lowest BCUT2D eigenvalue weighted by Crippen LogP contribution is -2.35. The van der Waals surface area contributed by atoms with Crippen molar-refractivity contribution in [3.8, 4) is 11.1 Å². The Morgan fingerprint density at radius 1 is 1.14 bits per heavy atom. The minimum atomic E-state index is -4.76. The number of amides is 1. The molecule has 1 saturated heterocycles. The fourth-order valence-corrected chi connectivity index (χ4v) is 3.59. The summed E-state index contributed by atoms with van der Waals surface area (Å²) in [6, 6.07) is 7.93. The van der Waals surface area contributed by atoms with Crippen molar-refractivity contribution in [2.24, 2.45) is 0 Å². The maximum atomic E-state index is 13.6. The van der Waals surface area contributed by atoms with E-state index in [1.807, 2.05) is 0 Å². The van der Waals surface area contributed by atoms with Gasteiger partial charge in [-0.25, -0.2) is 0 Å². The Hall–Kier alpha value is -3.10. The second-order valence-corrected chi connectivity index (χ2v) is 6.78. The van der Waals surface area contributed by atoms with Gasteiger partial charge in [0.2, 0.25) is 0 Å². The monoisotopic (exact) mass is 390 g/mol. The lowest BCUT2D eigenvalue weighted by Gasteiger charge is -2.16. The minimum Gasteiger partial charge on any atom is -0.342 e. The highest BCUT2D eigenvalue weighted by atomic mass is 19.4. The van der Waals surface area contributed by atoms with Gasteiger partial charge in [-0.1, -0.05) is 30.3 Å². The number of likely N-dealkylation sites (tertiary alicyclic amines) is 1. The number of hydrogen-bond acceptors (Lipinski definition) is 3. The van der Waals surface area contributed by atoms with Crippen molar-refractivity contribution in [2.75, 3.05) is 13.1 Å². The van der Waals surface area contributed by atoms with Gasteiger partial charge in [0.05, 0.1) is 5.56 Å². The van der Waals surface area contributed by atoms with E-state index in [4.69, 9.17) is 0 Å². The molecule has 2 aromatic heterocycles. The molecule has 1 N–H and O–H groups in total. The van der Waals surface area contributed by atoms with Gasteiger partial charge < -0.3 is 9.88 Å². The molecular formula is C19H17F3N4O2. The zero-order chi connectivity index (χ0) is 20.1. The molecule has 0 aliphatic carbocycles. The summed E-state index contributed by atoms with van der Waals surface area (Å²) >= 11 is 0. The molecule has 0 saturated carbocycles. The molecule has 0 spiro atoms. The molecular weight excluding hydrogens is 373 g/mol. The summed E-state index contributed by atoms with van der Waals surface area (Å²) in [6.07, 6.45) is -3.09. The van der Waals surface area contributed by atoms with E-state index in [9.17, 15) is 22.8 Å². The quantitative estimate of drug-likeness (QED) is 0.730. The normalized spacial score (nSPS) is 14.8. The zero-order valence-electron chi connectivity index (χ0n) is 15.0. The maximum absolute atomic E-state index is 13.6. The topological polar surface area (TPSA) is 70.5 Å². The number of nitrogens with zero attached hydrogens (tertiary/aromatic N) is 3.